The molecular formula is C30H40Br2O7. The molecule has 1 aliphatic heterocycles. The fourth-order valence-electron chi connectivity index (χ4n) is 4.04. The summed E-state index contributed by atoms with van der Waals surface area (Å²) in [5, 5.41) is 12.4. The Morgan fingerprint density at radius 3 is 2.05 bits per heavy atom. The summed E-state index contributed by atoms with van der Waals surface area (Å²) in [5.41, 5.74) is 1.24. The standard InChI is InChI=1S/C30H40Br2O7/c1-30(2,3)29(34)38-20-24-26(36-18-21-11-6-4-7-12-21)25(33)27(37-19-22-13-8-5-9-14-22)28(39-24)35-16-10-15-23(32)17-31/h4-9,11-14,23-28,33H,10,15-20H2,1-3H3/t23?,24-,25+,26-,27+,28+/m1/s1. The zero-order valence-corrected chi connectivity index (χ0v) is 26.0. The first-order chi connectivity index (χ1) is 18.7. The van der Waals surface area contributed by atoms with Gasteiger partial charge in [-0.3, -0.25) is 4.79 Å². The van der Waals surface area contributed by atoms with Gasteiger partial charge in [0.15, 0.2) is 6.29 Å². The lowest BCUT2D eigenvalue weighted by Gasteiger charge is -2.44. The van der Waals surface area contributed by atoms with E-state index in [1.165, 1.54) is 0 Å². The topological polar surface area (TPSA) is 83.5 Å². The second-order valence-corrected chi connectivity index (χ2v) is 12.6. The largest absolute Gasteiger partial charge is 0.462 e. The lowest BCUT2D eigenvalue weighted by atomic mass is 9.96. The molecule has 0 amide bonds. The normalized spacial score (nSPS) is 24.3. The van der Waals surface area contributed by atoms with Crippen LogP contribution in [0.3, 0.4) is 0 Å². The van der Waals surface area contributed by atoms with Crippen LogP contribution in [0.15, 0.2) is 60.7 Å². The molecule has 0 radical (unpaired) electrons. The van der Waals surface area contributed by atoms with E-state index in [0.717, 1.165) is 29.3 Å². The van der Waals surface area contributed by atoms with Gasteiger partial charge in [0.1, 0.15) is 31.0 Å². The van der Waals surface area contributed by atoms with Crippen LogP contribution in [0, 0.1) is 5.41 Å². The van der Waals surface area contributed by atoms with Crippen LogP contribution in [0.1, 0.15) is 44.7 Å². The molecule has 9 heteroatoms. The summed E-state index contributed by atoms with van der Waals surface area (Å²) < 4.78 is 30.4. The van der Waals surface area contributed by atoms with Crippen molar-refractivity contribution in [1.82, 2.24) is 0 Å². The number of carbonyl (C=O) groups is 1. The van der Waals surface area contributed by atoms with Crippen molar-refractivity contribution in [3.8, 4) is 0 Å². The van der Waals surface area contributed by atoms with E-state index in [1.807, 2.05) is 60.7 Å². The number of hydrogen-bond donors (Lipinski definition) is 1. The summed E-state index contributed by atoms with van der Waals surface area (Å²) in [6, 6.07) is 19.4. The van der Waals surface area contributed by atoms with Gasteiger partial charge in [0.25, 0.3) is 0 Å². The van der Waals surface area contributed by atoms with Crippen LogP contribution in [0.5, 0.6) is 0 Å². The Labute approximate surface area is 248 Å². The summed E-state index contributed by atoms with van der Waals surface area (Å²) in [6.07, 6.45) is -2.61. The summed E-state index contributed by atoms with van der Waals surface area (Å²) in [7, 11) is 0. The molecule has 1 fully saturated rings. The molecule has 0 spiro atoms. The summed E-state index contributed by atoms with van der Waals surface area (Å²) in [5.74, 6) is -0.361. The molecule has 1 aliphatic rings. The number of rotatable bonds is 14. The molecule has 0 saturated carbocycles. The maximum Gasteiger partial charge on any atom is 0.311 e. The molecule has 0 aromatic heterocycles. The summed E-state index contributed by atoms with van der Waals surface area (Å²) in [6.45, 7) is 6.24. The maximum atomic E-state index is 12.5. The monoisotopic (exact) mass is 670 g/mol. The van der Waals surface area contributed by atoms with Gasteiger partial charge in [-0.05, 0) is 44.7 Å². The quantitative estimate of drug-likeness (QED) is 0.155. The first-order valence-corrected chi connectivity index (χ1v) is 15.4. The van der Waals surface area contributed by atoms with Gasteiger partial charge in [-0.2, -0.15) is 0 Å². The van der Waals surface area contributed by atoms with E-state index < -0.39 is 36.1 Å². The third-order valence-corrected chi connectivity index (χ3v) is 8.72. The van der Waals surface area contributed by atoms with Crippen molar-refractivity contribution < 1.29 is 33.6 Å². The number of halogens is 2. The molecule has 2 aromatic rings. The maximum absolute atomic E-state index is 12.5. The predicted octanol–water partition coefficient (Wildman–Crippen LogP) is 5.79. The SMILES string of the molecule is CC(C)(C)C(=O)OC[C@H]1O[C@H](OCCCC(Br)CBr)[C@@H](OCc2ccccc2)[C@@H](O)[C@@H]1OCc1ccccc1. The van der Waals surface area contributed by atoms with Crippen molar-refractivity contribution >= 4 is 37.8 Å². The average molecular weight is 672 g/mol. The number of aliphatic hydroxyl groups excluding tert-OH is 1. The molecule has 2 aromatic carbocycles. The van der Waals surface area contributed by atoms with Crippen molar-refractivity contribution in [2.75, 3.05) is 18.5 Å². The van der Waals surface area contributed by atoms with Crippen molar-refractivity contribution in [3.63, 3.8) is 0 Å². The van der Waals surface area contributed by atoms with Crippen LogP contribution in [-0.4, -0.2) is 65.2 Å². The van der Waals surface area contributed by atoms with E-state index >= 15 is 0 Å². The molecule has 1 N–H and O–H groups in total. The Morgan fingerprint density at radius 2 is 1.51 bits per heavy atom. The van der Waals surface area contributed by atoms with Crippen molar-refractivity contribution in [3.05, 3.63) is 71.8 Å². The van der Waals surface area contributed by atoms with Crippen molar-refractivity contribution in [2.45, 2.75) is 82.4 Å². The van der Waals surface area contributed by atoms with E-state index in [0.29, 0.717) is 11.4 Å². The Morgan fingerprint density at radius 1 is 0.949 bits per heavy atom. The van der Waals surface area contributed by atoms with E-state index in [2.05, 4.69) is 31.9 Å². The van der Waals surface area contributed by atoms with Crippen LogP contribution in [0.4, 0.5) is 0 Å². The molecule has 0 aliphatic carbocycles. The summed E-state index contributed by atoms with van der Waals surface area (Å²) in [4.78, 5) is 12.9. The highest BCUT2D eigenvalue weighted by Gasteiger charge is 2.48. The fourth-order valence-corrected chi connectivity index (χ4v) is 4.68. The Balaban J connectivity index is 1.77. The molecule has 1 unspecified atom stereocenters. The minimum absolute atomic E-state index is 0.0784. The first kappa shape index (κ1) is 32.2. The number of ether oxygens (including phenoxy) is 5. The highest BCUT2D eigenvalue weighted by Crippen LogP contribution is 2.29. The van der Waals surface area contributed by atoms with Crippen LogP contribution in [-0.2, 0) is 41.7 Å². The molecule has 3 rings (SSSR count). The molecule has 1 saturated heterocycles. The summed E-state index contributed by atoms with van der Waals surface area (Å²) >= 11 is 7.09. The first-order valence-electron chi connectivity index (χ1n) is 13.3. The number of alkyl halides is 2. The zero-order chi connectivity index (χ0) is 28.3. The Kier molecular flexibility index (Phi) is 13.4. The van der Waals surface area contributed by atoms with Crippen LogP contribution >= 0.6 is 31.9 Å². The van der Waals surface area contributed by atoms with Gasteiger partial charge in [-0.15, -0.1) is 0 Å². The smallest absolute Gasteiger partial charge is 0.311 e. The van der Waals surface area contributed by atoms with Gasteiger partial charge >= 0.3 is 5.97 Å². The van der Waals surface area contributed by atoms with E-state index in [1.54, 1.807) is 20.8 Å². The molecule has 0 bridgehead atoms. The highest BCUT2D eigenvalue weighted by atomic mass is 79.9. The Bertz CT molecular complexity index is 970. The second-order valence-electron chi connectivity index (χ2n) is 10.7. The average Bonchev–Trinajstić information content (AvgIpc) is 2.93. The zero-order valence-electron chi connectivity index (χ0n) is 22.8. The van der Waals surface area contributed by atoms with Gasteiger partial charge in [0, 0.05) is 16.8 Å². The molecule has 6 atom stereocenters. The lowest BCUT2D eigenvalue weighted by Crippen LogP contribution is -2.61. The van der Waals surface area contributed by atoms with E-state index in [-0.39, 0.29) is 25.8 Å². The molecule has 7 nitrogen and oxygen atoms in total. The van der Waals surface area contributed by atoms with E-state index in [9.17, 15) is 9.90 Å². The van der Waals surface area contributed by atoms with Crippen LogP contribution in [0.2, 0.25) is 0 Å². The van der Waals surface area contributed by atoms with Crippen molar-refractivity contribution in [2.24, 2.45) is 5.41 Å². The van der Waals surface area contributed by atoms with Gasteiger partial charge in [-0.1, -0.05) is 92.5 Å². The third-order valence-electron chi connectivity index (χ3n) is 6.29. The minimum Gasteiger partial charge on any atom is -0.462 e. The predicted molar refractivity (Wildman–Crippen MR) is 157 cm³/mol. The molecular weight excluding hydrogens is 632 g/mol. The van der Waals surface area contributed by atoms with Crippen LogP contribution < -0.4 is 0 Å². The van der Waals surface area contributed by atoms with Gasteiger partial charge in [0.2, 0.25) is 0 Å². The van der Waals surface area contributed by atoms with Gasteiger partial charge < -0.3 is 28.8 Å². The lowest BCUT2D eigenvalue weighted by molar-refractivity contribution is -0.319. The number of esters is 1. The fraction of sp³-hybridized carbons (Fsp3) is 0.567. The number of benzene rings is 2. The van der Waals surface area contributed by atoms with E-state index in [4.69, 9.17) is 23.7 Å². The number of aliphatic hydroxyl groups is 1. The van der Waals surface area contributed by atoms with Gasteiger partial charge in [0.05, 0.1) is 18.6 Å². The number of hydrogen-bond acceptors (Lipinski definition) is 7. The Hall–Kier alpha value is -1.33. The molecule has 1 heterocycles. The minimum atomic E-state index is -1.08. The second kappa shape index (κ2) is 16.2. The van der Waals surface area contributed by atoms with Crippen LogP contribution in [0.25, 0.3) is 0 Å². The van der Waals surface area contributed by atoms with Gasteiger partial charge in [-0.25, -0.2) is 0 Å². The molecule has 39 heavy (non-hydrogen) atoms. The van der Waals surface area contributed by atoms with Crippen molar-refractivity contribution in [1.29, 1.82) is 0 Å². The third kappa shape index (κ3) is 10.5. The molecule has 216 valence electrons. The highest BCUT2D eigenvalue weighted by molar-refractivity contribution is 9.12. The number of carbonyl (C=O) groups excluding carboxylic acids is 1.